The molecule has 0 spiro atoms. The molecule has 1 unspecified atom stereocenters. The SMILES string of the molecule is CC/C=C\C/C=C\C/C=C\C/C=C\CCCCCCCCCCCCCCCCCCCCCCCCC(=O)OCC(COC(=O)CCCCCCCCCC)OC(=O)CCCCCCCCCCC/C=C\C/C=C\CCCCC. The molecule has 0 N–H and O–H groups in total. The largest absolute Gasteiger partial charge is 0.462 e. The fourth-order valence-corrected chi connectivity index (χ4v) is 10.2. The second-order valence-corrected chi connectivity index (χ2v) is 23.4. The molecule has 0 aliphatic rings. The van der Waals surface area contributed by atoms with Gasteiger partial charge in [0.1, 0.15) is 13.2 Å². The van der Waals surface area contributed by atoms with E-state index in [1.165, 1.54) is 231 Å². The Hall–Kier alpha value is -3.15. The van der Waals surface area contributed by atoms with Crippen LogP contribution in [0.5, 0.6) is 0 Å². The first-order valence-electron chi connectivity index (χ1n) is 34.9. The van der Waals surface area contributed by atoms with Crippen LogP contribution in [0.3, 0.4) is 0 Å². The highest BCUT2D eigenvalue weighted by molar-refractivity contribution is 5.71. The van der Waals surface area contributed by atoms with Crippen LogP contribution in [0, 0.1) is 0 Å². The molecule has 0 amide bonds. The van der Waals surface area contributed by atoms with Crippen molar-refractivity contribution in [3.8, 4) is 0 Å². The fraction of sp³-hybridized carbons (Fsp3) is 0.797. The van der Waals surface area contributed by atoms with E-state index in [0.29, 0.717) is 19.3 Å². The van der Waals surface area contributed by atoms with Crippen molar-refractivity contribution < 1.29 is 28.6 Å². The molecule has 0 aliphatic carbocycles. The zero-order valence-corrected chi connectivity index (χ0v) is 53.3. The third kappa shape index (κ3) is 65.7. The van der Waals surface area contributed by atoms with Crippen LogP contribution in [0.2, 0.25) is 0 Å². The highest BCUT2D eigenvalue weighted by atomic mass is 16.6. The quantitative estimate of drug-likeness (QED) is 0.0261. The van der Waals surface area contributed by atoms with Crippen molar-refractivity contribution in [1.29, 1.82) is 0 Å². The van der Waals surface area contributed by atoms with E-state index < -0.39 is 6.10 Å². The molecule has 0 saturated carbocycles. The van der Waals surface area contributed by atoms with Crippen molar-refractivity contribution >= 4 is 17.9 Å². The Morgan fingerprint density at radius 3 is 0.787 bits per heavy atom. The summed E-state index contributed by atoms with van der Waals surface area (Å²) in [5.74, 6) is -0.860. The summed E-state index contributed by atoms with van der Waals surface area (Å²) < 4.78 is 16.9. The van der Waals surface area contributed by atoms with E-state index in [0.717, 1.165) is 89.9 Å². The third-order valence-electron chi connectivity index (χ3n) is 15.4. The smallest absolute Gasteiger partial charge is 0.306 e. The van der Waals surface area contributed by atoms with Crippen molar-refractivity contribution in [3.05, 3.63) is 72.9 Å². The molecular formula is C74H132O6. The average Bonchev–Trinajstić information content (AvgIpc) is 3.46. The number of allylic oxidation sites excluding steroid dienone is 12. The van der Waals surface area contributed by atoms with E-state index in [2.05, 4.69) is 93.7 Å². The fourth-order valence-electron chi connectivity index (χ4n) is 10.2. The summed E-state index contributed by atoms with van der Waals surface area (Å²) in [6.07, 6.45) is 89.6. The molecule has 1 atom stereocenters. The van der Waals surface area contributed by atoms with Gasteiger partial charge in [-0.05, 0) is 89.9 Å². The lowest BCUT2D eigenvalue weighted by atomic mass is 10.0. The number of carbonyl (C=O) groups is 3. The van der Waals surface area contributed by atoms with Gasteiger partial charge < -0.3 is 14.2 Å². The molecule has 0 aliphatic heterocycles. The van der Waals surface area contributed by atoms with Crippen molar-refractivity contribution in [2.24, 2.45) is 0 Å². The Morgan fingerprint density at radius 1 is 0.263 bits per heavy atom. The maximum absolute atomic E-state index is 12.9. The molecule has 6 nitrogen and oxygen atoms in total. The number of hydrogen-bond donors (Lipinski definition) is 0. The van der Waals surface area contributed by atoms with E-state index in [-0.39, 0.29) is 31.1 Å². The second-order valence-electron chi connectivity index (χ2n) is 23.4. The first-order valence-corrected chi connectivity index (χ1v) is 34.9. The normalized spacial score (nSPS) is 12.5. The molecule has 0 aromatic carbocycles. The van der Waals surface area contributed by atoms with Gasteiger partial charge in [-0.15, -0.1) is 0 Å². The van der Waals surface area contributed by atoms with Crippen LogP contribution >= 0.6 is 0 Å². The zero-order valence-electron chi connectivity index (χ0n) is 53.3. The van der Waals surface area contributed by atoms with Crippen LogP contribution in [-0.2, 0) is 28.6 Å². The zero-order chi connectivity index (χ0) is 57.8. The number of unbranched alkanes of at least 4 members (excludes halogenated alkanes) is 41. The van der Waals surface area contributed by atoms with Crippen molar-refractivity contribution in [3.63, 3.8) is 0 Å². The average molecular weight is 1120 g/mol. The summed E-state index contributed by atoms with van der Waals surface area (Å²) in [4.78, 5) is 38.2. The molecule has 0 saturated heterocycles. The highest BCUT2D eigenvalue weighted by Crippen LogP contribution is 2.18. The number of esters is 3. The van der Waals surface area contributed by atoms with Gasteiger partial charge in [0.25, 0.3) is 0 Å². The lowest BCUT2D eigenvalue weighted by molar-refractivity contribution is -0.167. The number of carbonyl (C=O) groups excluding carboxylic acids is 3. The van der Waals surface area contributed by atoms with Gasteiger partial charge in [-0.3, -0.25) is 14.4 Å². The van der Waals surface area contributed by atoms with Gasteiger partial charge in [-0.1, -0.05) is 325 Å². The van der Waals surface area contributed by atoms with E-state index in [1.807, 2.05) is 0 Å². The summed E-state index contributed by atoms with van der Waals surface area (Å²) >= 11 is 0. The Bertz CT molecular complexity index is 1470. The minimum absolute atomic E-state index is 0.0711. The Kier molecular flexibility index (Phi) is 65.7. The molecule has 0 rings (SSSR count). The summed E-state index contributed by atoms with van der Waals surface area (Å²) in [5, 5.41) is 0. The lowest BCUT2D eigenvalue weighted by Gasteiger charge is -2.18. The standard InChI is InChI=1S/C74H132O6/c1-4-7-10-13-16-19-21-23-25-27-29-30-31-32-33-34-35-36-37-38-39-40-41-42-43-44-46-47-49-51-53-55-58-61-64-67-73(76)79-70-71(69-78-72(75)66-63-60-57-18-15-12-9-6-3)80-74(77)68-65-62-59-56-54-52-50-48-45-28-26-24-22-20-17-14-11-8-5-2/h7,10,16-17,19-20,23-26,29-30,71H,4-6,8-9,11-15,18,21-22,27-28,31-70H2,1-3H3/b10-7-,19-16-,20-17-,25-23-,26-24-,30-29-. The maximum atomic E-state index is 12.9. The van der Waals surface area contributed by atoms with Crippen LogP contribution < -0.4 is 0 Å². The number of ether oxygens (including phenoxy) is 3. The summed E-state index contributed by atoms with van der Waals surface area (Å²) in [7, 11) is 0. The Labute approximate surface area is 497 Å². The molecule has 464 valence electrons. The van der Waals surface area contributed by atoms with Gasteiger partial charge in [0.15, 0.2) is 6.10 Å². The lowest BCUT2D eigenvalue weighted by Crippen LogP contribution is -2.30. The van der Waals surface area contributed by atoms with Gasteiger partial charge >= 0.3 is 17.9 Å². The molecule has 80 heavy (non-hydrogen) atoms. The van der Waals surface area contributed by atoms with Gasteiger partial charge in [-0.2, -0.15) is 0 Å². The summed E-state index contributed by atoms with van der Waals surface area (Å²) in [6, 6.07) is 0. The first kappa shape index (κ1) is 76.9. The van der Waals surface area contributed by atoms with Crippen LogP contribution in [0.25, 0.3) is 0 Å². The molecule has 0 heterocycles. The number of hydrogen-bond acceptors (Lipinski definition) is 6. The van der Waals surface area contributed by atoms with Gasteiger partial charge in [0.05, 0.1) is 0 Å². The van der Waals surface area contributed by atoms with Crippen LogP contribution in [0.15, 0.2) is 72.9 Å². The summed E-state index contributed by atoms with van der Waals surface area (Å²) in [6.45, 7) is 6.52. The molecule has 0 bridgehead atoms. The van der Waals surface area contributed by atoms with E-state index >= 15 is 0 Å². The molecule has 0 aromatic heterocycles. The number of rotatable bonds is 64. The van der Waals surface area contributed by atoms with Gasteiger partial charge in [0, 0.05) is 19.3 Å². The van der Waals surface area contributed by atoms with E-state index in [4.69, 9.17) is 14.2 Å². The van der Waals surface area contributed by atoms with E-state index in [1.54, 1.807) is 0 Å². The minimum atomic E-state index is -0.773. The molecule has 0 aromatic rings. The molecule has 0 radical (unpaired) electrons. The predicted molar refractivity (Wildman–Crippen MR) is 348 cm³/mol. The van der Waals surface area contributed by atoms with Gasteiger partial charge in [0.2, 0.25) is 0 Å². The van der Waals surface area contributed by atoms with Crippen molar-refractivity contribution in [2.75, 3.05) is 13.2 Å². The third-order valence-corrected chi connectivity index (χ3v) is 15.4. The van der Waals surface area contributed by atoms with Crippen molar-refractivity contribution in [2.45, 2.75) is 367 Å². The van der Waals surface area contributed by atoms with Crippen LogP contribution in [0.4, 0.5) is 0 Å². The van der Waals surface area contributed by atoms with Crippen LogP contribution in [0.1, 0.15) is 361 Å². The Morgan fingerprint density at radius 2 is 0.487 bits per heavy atom. The summed E-state index contributed by atoms with van der Waals surface area (Å²) in [5.41, 5.74) is 0. The first-order chi connectivity index (χ1) is 39.5. The monoisotopic (exact) mass is 1120 g/mol. The molecule has 6 heteroatoms. The van der Waals surface area contributed by atoms with Gasteiger partial charge in [-0.25, -0.2) is 0 Å². The molecular weight excluding hydrogens is 985 g/mol. The van der Waals surface area contributed by atoms with Crippen molar-refractivity contribution in [1.82, 2.24) is 0 Å². The van der Waals surface area contributed by atoms with E-state index in [9.17, 15) is 14.4 Å². The topological polar surface area (TPSA) is 78.9 Å². The van der Waals surface area contributed by atoms with Crippen LogP contribution in [-0.4, -0.2) is 37.2 Å². The maximum Gasteiger partial charge on any atom is 0.306 e. The second kappa shape index (κ2) is 68.3. The Balaban J connectivity index is 4.00. The molecule has 0 fully saturated rings. The highest BCUT2D eigenvalue weighted by Gasteiger charge is 2.19. The minimum Gasteiger partial charge on any atom is -0.462 e. The predicted octanol–water partition coefficient (Wildman–Crippen LogP) is 24.1.